The highest BCUT2D eigenvalue weighted by Crippen LogP contribution is 2.12. The van der Waals surface area contributed by atoms with Gasteiger partial charge in [-0.2, -0.15) is 8.42 Å². The molecule has 5 heteroatoms. The molecule has 0 spiro atoms. The van der Waals surface area contributed by atoms with Gasteiger partial charge < -0.3 is 0 Å². The lowest BCUT2D eigenvalue weighted by Crippen LogP contribution is -2.14. The third kappa shape index (κ3) is 13.8. The van der Waals surface area contributed by atoms with Gasteiger partial charge in [-0.25, -0.2) is 4.18 Å². The zero-order chi connectivity index (χ0) is 13.1. The highest BCUT2D eigenvalue weighted by Gasteiger charge is 2.11. The first-order chi connectivity index (χ1) is 7.95. The summed E-state index contributed by atoms with van der Waals surface area (Å²) in [5, 5.41) is 0. The van der Waals surface area contributed by atoms with Gasteiger partial charge in [-0.05, 0) is 13.3 Å². The Balaban J connectivity index is 3.28. The van der Waals surface area contributed by atoms with Gasteiger partial charge in [0.05, 0.1) is 6.10 Å². The molecule has 0 amide bonds. The molecule has 0 heterocycles. The summed E-state index contributed by atoms with van der Waals surface area (Å²) in [4.78, 5) is 0. The average Bonchev–Trinajstić information content (AvgIpc) is 2.19. The Morgan fingerprint density at radius 3 is 1.94 bits per heavy atom. The molecule has 4 nitrogen and oxygen atoms in total. The molecule has 0 aromatic heterocycles. The largest absolute Gasteiger partial charge is 0.397 e. The highest BCUT2D eigenvalue weighted by atomic mass is 32.3. The lowest BCUT2D eigenvalue weighted by atomic mass is 10.1. The van der Waals surface area contributed by atoms with E-state index in [9.17, 15) is 8.42 Å². The number of unbranched alkanes of at least 4 members (excludes halogenated alkanes) is 7. The van der Waals surface area contributed by atoms with Crippen LogP contribution in [-0.2, 0) is 14.6 Å². The van der Waals surface area contributed by atoms with Crippen LogP contribution in [0, 0.1) is 0 Å². The monoisotopic (exact) mass is 266 g/mol. The second-order valence-electron chi connectivity index (χ2n) is 4.60. The van der Waals surface area contributed by atoms with Crippen molar-refractivity contribution in [1.29, 1.82) is 0 Å². The van der Waals surface area contributed by atoms with Crippen LogP contribution in [0.25, 0.3) is 0 Å². The molecule has 0 aliphatic heterocycles. The van der Waals surface area contributed by atoms with Crippen LogP contribution >= 0.6 is 0 Å². The van der Waals surface area contributed by atoms with Gasteiger partial charge in [0.2, 0.25) is 0 Å². The molecule has 0 aromatic carbocycles. The molecule has 0 saturated carbocycles. The normalized spacial score (nSPS) is 13.8. The topological polar surface area (TPSA) is 63.6 Å². The molecule has 0 unspecified atom stereocenters. The molecular weight excluding hydrogens is 240 g/mol. The maximum atomic E-state index is 10.4. The second-order valence-corrected chi connectivity index (χ2v) is 5.65. The average molecular weight is 266 g/mol. The molecule has 0 radical (unpaired) electrons. The van der Waals surface area contributed by atoms with Crippen molar-refractivity contribution in [1.82, 2.24) is 0 Å². The minimum absolute atomic E-state index is 0.426. The van der Waals surface area contributed by atoms with Crippen LogP contribution in [0.15, 0.2) is 0 Å². The van der Waals surface area contributed by atoms with Gasteiger partial charge in [0.1, 0.15) is 0 Å². The third-order valence-corrected chi connectivity index (χ3v) is 3.32. The summed E-state index contributed by atoms with van der Waals surface area (Å²) >= 11 is 0. The van der Waals surface area contributed by atoms with E-state index >= 15 is 0 Å². The van der Waals surface area contributed by atoms with E-state index in [1.807, 2.05) is 0 Å². The Morgan fingerprint density at radius 2 is 1.47 bits per heavy atom. The summed E-state index contributed by atoms with van der Waals surface area (Å²) in [7, 11) is -4.28. The number of rotatable bonds is 11. The van der Waals surface area contributed by atoms with Gasteiger partial charge in [0.25, 0.3) is 0 Å². The summed E-state index contributed by atoms with van der Waals surface area (Å²) in [6, 6.07) is 0. The van der Waals surface area contributed by atoms with E-state index < -0.39 is 16.5 Å². The molecule has 0 rings (SSSR count). The molecule has 0 bridgehead atoms. The quantitative estimate of drug-likeness (QED) is 0.457. The van der Waals surface area contributed by atoms with Crippen molar-refractivity contribution in [2.24, 2.45) is 0 Å². The Kier molecular flexibility index (Phi) is 9.78. The van der Waals surface area contributed by atoms with Crippen LogP contribution in [0.3, 0.4) is 0 Å². The first-order valence-corrected chi connectivity index (χ1v) is 7.98. The van der Waals surface area contributed by atoms with Crippen molar-refractivity contribution in [3.8, 4) is 0 Å². The SMILES string of the molecule is CCCCCCCCCC[C@H](C)OS(=O)(=O)O. The van der Waals surface area contributed by atoms with Gasteiger partial charge in [-0.1, -0.05) is 58.3 Å². The zero-order valence-electron chi connectivity index (χ0n) is 11.0. The lowest BCUT2D eigenvalue weighted by molar-refractivity contribution is 0.185. The Hall–Kier alpha value is -0.130. The molecular formula is C12H26O4S. The van der Waals surface area contributed by atoms with Crippen molar-refractivity contribution in [2.45, 2.75) is 77.7 Å². The van der Waals surface area contributed by atoms with Crippen LogP contribution in [0.2, 0.25) is 0 Å². The van der Waals surface area contributed by atoms with Crippen LogP contribution in [0.5, 0.6) is 0 Å². The minimum atomic E-state index is -4.28. The highest BCUT2D eigenvalue weighted by molar-refractivity contribution is 7.80. The van der Waals surface area contributed by atoms with Gasteiger partial charge in [-0.3, -0.25) is 4.55 Å². The van der Waals surface area contributed by atoms with Crippen molar-refractivity contribution in [3.05, 3.63) is 0 Å². The standard InChI is InChI=1S/C12H26O4S/c1-3-4-5-6-7-8-9-10-11-12(2)16-17(13,14)15/h12H,3-11H2,1-2H3,(H,13,14,15)/t12-/m0/s1. The molecule has 0 aliphatic carbocycles. The van der Waals surface area contributed by atoms with E-state index in [0.29, 0.717) is 6.42 Å². The van der Waals surface area contributed by atoms with Crippen LogP contribution in [0.4, 0.5) is 0 Å². The second kappa shape index (κ2) is 9.85. The van der Waals surface area contributed by atoms with Crippen molar-refractivity contribution >= 4 is 10.4 Å². The van der Waals surface area contributed by atoms with Gasteiger partial charge in [0, 0.05) is 0 Å². The third-order valence-electron chi connectivity index (χ3n) is 2.75. The fourth-order valence-electron chi connectivity index (χ4n) is 1.82. The van der Waals surface area contributed by atoms with Crippen LogP contribution < -0.4 is 0 Å². The van der Waals surface area contributed by atoms with E-state index in [1.54, 1.807) is 6.92 Å². The summed E-state index contributed by atoms with van der Waals surface area (Å²) < 4.78 is 33.7. The zero-order valence-corrected chi connectivity index (χ0v) is 11.8. The Bertz CT molecular complexity index is 262. The maximum absolute atomic E-state index is 10.4. The first kappa shape index (κ1) is 16.9. The van der Waals surface area contributed by atoms with Gasteiger partial charge in [0.15, 0.2) is 0 Å². The van der Waals surface area contributed by atoms with Crippen molar-refractivity contribution in [2.75, 3.05) is 0 Å². The predicted molar refractivity (Wildman–Crippen MR) is 69.3 cm³/mol. The predicted octanol–water partition coefficient (Wildman–Crippen LogP) is 3.73. The summed E-state index contributed by atoms with van der Waals surface area (Å²) in [5.41, 5.74) is 0. The van der Waals surface area contributed by atoms with Crippen LogP contribution in [-0.4, -0.2) is 19.1 Å². The lowest BCUT2D eigenvalue weighted by Gasteiger charge is -2.09. The van der Waals surface area contributed by atoms with E-state index in [0.717, 1.165) is 12.8 Å². The fraction of sp³-hybridized carbons (Fsp3) is 1.00. The summed E-state index contributed by atoms with van der Waals surface area (Å²) in [6.07, 6.45) is 9.96. The molecule has 104 valence electrons. The number of hydrogen-bond acceptors (Lipinski definition) is 3. The molecule has 1 atom stereocenters. The molecule has 0 aliphatic rings. The van der Waals surface area contributed by atoms with E-state index in [-0.39, 0.29) is 0 Å². The number of hydrogen-bond donors (Lipinski definition) is 1. The molecule has 0 aromatic rings. The van der Waals surface area contributed by atoms with Gasteiger partial charge in [-0.15, -0.1) is 0 Å². The van der Waals surface area contributed by atoms with E-state index in [1.165, 1.54) is 38.5 Å². The van der Waals surface area contributed by atoms with E-state index in [2.05, 4.69) is 11.1 Å². The molecule has 0 saturated heterocycles. The maximum Gasteiger partial charge on any atom is 0.397 e. The Morgan fingerprint density at radius 1 is 1.00 bits per heavy atom. The first-order valence-electron chi connectivity index (χ1n) is 6.61. The minimum Gasteiger partial charge on any atom is -0.264 e. The van der Waals surface area contributed by atoms with Crippen LogP contribution in [0.1, 0.15) is 71.6 Å². The fourth-order valence-corrected chi connectivity index (χ4v) is 2.33. The van der Waals surface area contributed by atoms with Crippen molar-refractivity contribution in [3.63, 3.8) is 0 Å². The molecule has 0 fully saturated rings. The van der Waals surface area contributed by atoms with E-state index in [4.69, 9.17) is 4.55 Å². The summed E-state index contributed by atoms with van der Waals surface area (Å²) in [5.74, 6) is 0. The molecule has 1 N–H and O–H groups in total. The smallest absolute Gasteiger partial charge is 0.264 e. The summed E-state index contributed by atoms with van der Waals surface area (Å²) in [6.45, 7) is 3.87. The van der Waals surface area contributed by atoms with Gasteiger partial charge >= 0.3 is 10.4 Å². The van der Waals surface area contributed by atoms with Crippen molar-refractivity contribution < 1.29 is 17.2 Å². The molecule has 17 heavy (non-hydrogen) atoms. The Labute approximate surface area is 106 Å².